The first-order chi connectivity index (χ1) is 16.0. The third-order valence-electron chi connectivity index (χ3n) is 6.38. The van der Waals surface area contributed by atoms with E-state index in [0.29, 0.717) is 59.7 Å². The highest BCUT2D eigenvalue weighted by atomic mass is 35.5. The summed E-state index contributed by atoms with van der Waals surface area (Å²) < 4.78 is 12.3. The normalized spacial score (nSPS) is 15.0. The third-order valence-corrected chi connectivity index (χ3v) is 6.38. The summed E-state index contributed by atoms with van der Waals surface area (Å²) in [5.74, 6) is 0.343. The molecule has 178 valence electrons. The average Bonchev–Trinajstić information content (AvgIpc) is 3.13. The van der Waals surface area contributed by atoms with Gasteiger partial charge in [-0.3, -0.25) is 24.6 Å². The lowest BCUT2D eigenvalue weighted by molar-refractivity contribution is -0.384. The molecule has 0 bridgehead atoms. The van der Waals surface area contributed by atoms with Crippen molar-refractivity contribution in [1.82, 2.24) is 9.47 Å². The molecule has 1 fully saturated rings. The topological polar surface area (TPSA) is 104 Å². The van der Waals surface area contributed by atoms with Crippen LogP contribution in [-0.2, 0) is 11.3 Å². The SMILES string of the molecule is COc1ccc2c(c1)C(=O)c1c-2n(CCCN2CCOCC2)c(=O)c2cc([N+](=O)[O-])ccc12.Cl. The van der Waals surface area contributed by atoms with E-state index in [4.69, 9.17) is 9.47 Å². The van der Waals surface area contributed by atoms with E-state index in [-0.39, 0.29) is 34.8 Å². The molecule has 1 aromatic heterocycles. The summed E-state index contributed by atoms with van der Waals surface area (Å²) >= 11 is 0. The molecular weight excluding hydrogens is 462 g/mol. The first-order valence-electron chi connectivity index (χ1n) is 10.9. The van der Waals surface area contributed by atoms with Gasteiger partial charge < -0.3 is 14.0 Å². The van der Waals surface area contributed by atoms with Crippen LogP contribution in [0.5, 0.6) is 5.75 Å². The number of halogens is 1. The number of rotatable bonds is 6. The third kappa shape index (κ3) is 3.96. The number of fused-ring (bicyclic) bond motifs is 5. The molecule has 2 aromatic carbocycles. The van der Waals surface area contributed by atoms with Gasteiger partial charge in [-0.1, -0.05) is 0 Å². The van der Waals surface area contributed by atoms with Crippen LogP contribution in [0.4, 0.5) is 5.69 Å². The van der Waals surface area contributed by atoms with Gasteiger partial charge >= 0.3 is 0 Å². The molecule has 0 unspecified atom stereocenters. The zero-order valence-corrected chi connectivity index (χ0v) is 19.4. The molecule has 2 heterocycles. The Morgan fingerprint density at radius 3 is 2.50 bits per heavy atom. The van der Waals surface area contributed by atoms with E-state index >= 15 is 0 Å². The lowest BCUT2D eigenvalue weighted by atomic mass is 10.0. The monoisotopic (exact) mass is 485 g/mol. The Hall–Kier alpha value is -3.27. The predicted octanol–water partition coefficient (Wildman–Crippen LogP) is 3.27. The van der Waals surface area contributed by atoms with Gasteiger partial charge in [-0.05, 0) is 30.7 Å². The number of non-ortho nitro benzene ring substituents is 1. The van der Waals surface area contributed by atoms with Gasteiger partial charge in [0.1, 0.15) is 5.75 Å². The summed E-state index contributed by atoms with van der Waals surface area (Å²) in [6.45, 7) is 4.27. The predicted molar refractivity (Wildman–Crippen MR) is 129 cm³/mol. The van der Waals surface area contributed by atoms with Gasteiger partial charge in [0, 0.05) is 54.8 Å². The number of nitrogens with zero attached hydrogens (tertiary/aromatic N) is 3. The molecule has 3 aromatic rings. The molecule has 0 N–H and O–H groups in total. The molecule has 9 nitrogen and oxygen atoms in total. The quantitative estimate of drug-likeness (QED) is 0.305. The zero-order chi connectivity index (χ0) is 23.1. The van der Waals surface area contributed by atoms with Gasteiger partial charge in [-0.25, -0.2) is 0 Å². The van der Waals surface area contributed by atoms with E-state index in [1.807, 2.05) is 0 Å². The molecule has 0 atom stereocenters. The lowest BCUT2D eigenvalue weighted by Crippen LogP contribution is -2.37. The number of nitro benzene ring substituents is 1. The number of aromatic nitrogens is 1. The van der Waals surface area contributed by atoms with E-state index in [9.17, 15) is 19.7 Å². The van der Waals surface area contributed by atoms with Crippen molar-refractivity contribution in [2.24, 2.45) is 0 Å². The van der Waals surface area contributed by atoms with Crippen molar-refractivity contribution in [2.45, 2.75) is 13.0 Å². The van der Waals surface area contributed by atoms with E-state index in [0.717, 1.165) is 19.6 Å². The summed E-state index contributed by atoms with van der Waals surface area (Å²) in [4.78, 5) is 40.1. The van der Waals surface area contributed by atoms with Gasteiger partial charge in [0.15, 0.2) is 5.78 Å². The summed E-state index contributed by atoms with van der Waals surface area (Å²) in [6, 6.07) is 9.36. The number of benzene rings is 2. The summed E-state index contributed by atoms with van der Waals surface area (Å²) in [5, 5.41) is 12.0. The fraction of sp³-hybridized carbons (Fsp3) is 0.333. The number of carbonyl (C=O) groups excluding carboxylic acids is 1. The Kier molecular flexibility index (Phi) is 6.70. The first-order valence-corrected chi connectivity index (χ1v) is 10.9. The second-order valence-electron chi connectivity index (χ2n) is 8.22. The number of nitro groups is 1. The van der Waals surface area contributed by atoms with Crippen LogP contribution in [0.2, 0.25) is 0 Å². The second-order valence-corrected chi connectivity index (χ2v) is 8.22. The van der Waals surface area contributed by atoms with Crippen LogP contribution in [0.25, 0.3) is 22.0 Å². The van der Waals surface area contributed by atoms with Crippen molar-refractivity contribution in [2.75, 3.05) is 40.0 Å². The lowest BCUT2D eigenvalue weighted by Gasteiger charge is -2.26. The summed E-state index contributed by atoms with van der Waals surface area (Å²) in [5.41, 5.74) is 1.63. The van der Waals surface area contributed by atoms with Gasteiger partial charge in [-0.2, -0.15) is 0 Å². The van der Waals surface area contributed by atoms with Gasteiger partial charge in [0.2, 0.25) is 0 Å². The fourth-order valence-corrected chi connectivity index (χ4v) is 4.73. The molecule has 0 spiro atoms. The number of ether oxygens (including phenoxy) is 2. The molecule has 1 aliphatic carbocycles. The van der Waals surface area contributed by atoms with Crippen molar-refractivity contribution in [3.05, 3.63) is 68.0 Å². The average molecular weight is 486 g/mol. The number of carbonyl (C=O) groups is 1. The number of morpholine rings is 1. The van der Waals surface area contributed by atoms with Crippen LogP contribution in [0.1, 0.15) is 22.3 Å². The number of methoxy groups -OCH3 is 1. The smallest absolute Gasteiger partial charge is 0.270 e. The van der Waals surface area contributed by atoms with Gasteiger partial charge in [0.25, 0.3) is 11.2 Å². The molecule has 0 saturated carbocycles. The zero-order valence-electron chi connectivity index (χ0n) is 18.6. The van der Waals surface area contributed by atoms with Crippen LogP contribution in [0.15, 0.2) is 41.2 Å². The molecule has 34 heavy (non-hydrogen) atoms. The molecule has 1 aliphatic heterocycles. The Labute approximate surface area is 201 Å². The van der Waals surface area contributed by atoms with Crippen LogP contribution < -0.4 is 10.3 Å². The molecule has 10 heteroatoms. The number of ketones is 1. The maximum atomic E-state index is 13.6. The number of pyridine rings is 1. The minimum Gasteiger partial charge on any atom is -0.497 e. The summed E-state index contributed by atoms with van der Waals surface area (Å²) in [6.07, 6.45) is 0.701. The molecule has 0 radical (unpaired) electrons. The highest BCUT2D eigenvalue weighted by Gasteiger charge is 2.33. The first kappa shape index (κ1) is 23.9. The number of hydrogen-bond donors (Lipinski definition) is 0. The van der Waals surface area contributed by atoms with Crippen molar-refractivity contribution in [3.63, 3.8) is 0 Å². The Morgan fingerprint density at radius 1 is 1.03 bits per heavy atom. The number of hydrogen-bond acceptors (Lipinski definition) is 7. The molecule has 0 amide bonds. The van der Waals surface area contributed by atoms with Crippen LogP contribution in [0, 0.1) is 10.1 Å². The Morgan fingerprint density at radius 2 is 1.79 bits per heavy atom. The van der Waals surface area contributed by atoms with Gasteiger partial charge in [0.05, 0.1) is 41.9 Å². The largest absolute Gasteiger partial charge is 0.497 e. The highest BCUT2D eigenvalue weighted by molar-refractivity contribution is 6.26. The van der Waals surface area contributed by atoms with Crippen molar-refractivity contribution < 1.29 is 19.2 Å². The molecule has 2 aliphatic rings. The Bertz CT molecular complexity index is 1350. The maximum Gasteiger partial charge on any atom is 0.270 e. The minimum atomic E-state index is -0.531. The van der Waals surface area contributed by atoms with Gasteiger partial charge in [-0.15, -0.1) is 12.4 Å². The summed E-state index contributed by atoms with van der Waals surface area (Å²) in [7, 11) is 1.53. The second kappa shape index (κ2) is 9.54. The van der Waals surface area contributed by atoms with Crippen LogP contribution in [-0.4, -0.2) is 60.1 Å². The van der Waals surface area contributed by atoms with Crippen molar-refractivity contribution in [1.29, 1.82) is 0 Å². The van der Waals surface area contributed by atoms with Crippen LogP contribution >= 0.6 is 12.4 Å². The molecule has 1 saturated heterocycles. The van der Waals surface area contributed by atoms with Crippen LogP contribution in [0.3, 0.4) is 0 Å². The van der Waals surface area contributed by atoms with E-state index in [2.05, 4.69) is 4.90 Å². The fourth-order valence-electron chi connectivity index (χ4n) is 4.73. The standard InChI is InChI=1S/C24H23N3O6.ClH/c1-32-16-4-6-18-19(14-16)23(28)21-17-5-3-15(27(30)31)13-20(17)24(29)26(22(18)21)8-2-7-25-9-11-33-12-10-25;/h3-6,13-14H,2,7-12H2,1H3;1H. The van der Waals surface area contributed by atoms with Crippen molar-refractivity contribution >= 4 is 34.7 Å². The highest BCUT2D eigenvalue weighted by Crippen LogP contribution is 2.41. The van der Waals surface area contributed by atoms with E-state index in [1.165, 1.54) is 25.3 Å². The van der Waals surface area contributed by atoms with Crippen molar-refractivity contribution in [3.8, 4) is 17.0 Å². The van der Waals surface area contributed by atoms with E-state index in [1.54, 1.807) is 22.8 Å². The maximum absolute atomic E-state index is 13.6. The Balaban J connectivity index is 0.00000274. The molecule has 5 rings (SSSR count). The van der Waals surface area contributed by atoms with E-state index < -0.39 is 4.92 Å². The minimum absolute atomic E-state index is 0. The molecular formula is C24H24ClN3O6.